The third-order valence-corrected chi connectivity index (χ3v) is 7.19. The maximum Gasteiger partial charge on any atom is 3.00 e. The Bertz CT molecular complexity index is 593. The van der Waals surface area contributed by atoms with Crippen LogP contribution in [0.4, 0.5) is 0 Å². The van der Waals surface area contributed by atoms with Crippen molar-refractivity contribution in [2.24, 2.45) is 16.2 Å². The van der Waals surface area contributed by atoms with Crippen molar-refractivity contribution in [1.29, 1.82) is 0 Å². The second kappa shape index (κ2) is 24.7. The molecular weight excluding hydrogens is 615 g/mol. The summed E-state index contributed by atoms with van der Waals surface area (Å²) < 4.78 is 0. The summed E-state index contributed by atoms with van der Waals surface area (Å²) in [7, 11) is 0. The van der Waals surface area contributed by atoms with E-state index in [1.54, 1.807) is 27.7 Å². The zero-order valence-electron chi connectivity index (χ0n) is 25.4. The molecule has 2 atom stereocenters. The van der Waals surface area contributed by atoms with Crippen molar-refractivity contribution in [2.75, 3.05) is 0 Å². The fourth-order valence-corrected chi connectivity index (χ4v) is 3.73. The van der Waals surface area contributed by atoms with E-state index in [2.05, 4.69) is 20.8 Å². The number of aliphatic carboxylic acids is 3. The van der Waals surface area contributed by atoms with Gasteiger partial charge in [-0.3, -0.25) is 0 Å². The summed E-state index contributed by atoms with van der Waals surface area (Å²) in [4.78, 5) is 32.1. The average molecular weight is 673 g/mol. The molecule has 0 aromatic carbocycles. The third-order valence-electron chi connectivity index (χ3n) is 7.19. The fraction of sp³-hybridized carbons (Fsp3) is 0.900. The largest absolute Gasteiger partial charge is 3.00 e. The molecule has 0 aromatic heterocycles. The minimum atomic E-state index is -0.931. The number of carboxylic acid groups (broad SMARTS) is 3. The first-order valence-corrected chi connectivity index (χ1v) is 14.3. The minimum Gasteiger partial charge on any atom is -0.550 e. The molecule has 0 saturated heterocycles. The zero-order valence-corrected chi connectivity index (χ0v) is 27.5. The van der Waals surface area contributed by atoms with Gasteiger partial charge in [0.25, 0.3) is 0 Å². The molecule has 0 rings (SSSR count). The summed E-state index contributed by atoms with van der Waals surface area (Å²) in [5.74, 6) is -2.72. The molecule has 0 spiro atoms. The molecule has 0 N–H and O–H groups in total. The maximum atomic E-state index is 10.8. The Balaban J connectivity index is -0.000000218. The third kappa shape index (κ3) is 22.2. The first-order chi connectivity index (χ1) is 16.6. The smallest absolute Gasteiger partial charge is 0.550 e. The summed E-state index contributed by atoms with van der Waals surface area (Å²) in [5.41, 5.74) is -1.84. The van der Waals surface area contributed by atoms with Gasteiger partial charge in [0.05, 0.1) is 0 Å². The van der Waals surface area contributed by atoms with Crippen molar-refractivity contribution >= 4 is 17.9 Å². The quantitative estimate of drug-likeness (QED) is 0.185. The molecule has 0 radical (unpaired) electrons. The van der Waals surface area contributed by atoms with Crippen LogP contribution in [0.15, 0.2) is 0 Å². The van der Waals surface area contributed by atoms with Gasteiger partial charge < -0.3 is 29.7 Å². The van der Waals surface area contributed by atoms with E-state index in [4.69, 9.17) is 0 Å². The van der Waals surface area contributed by atoms with E-state index in [9.17, 15) is 29.7 Å². The van der Waals surface area contributed by atoms with E-state index in [1.165, 1.54) is 12.8 Å². The molecule has 0 aliphatic heterocycles. The topological polar surface area (TPSA) is 120 Å². The molecule has 0 aliphatic rings. The van der Waals surface area contributed by atoms with Crippen molar-refractivity contribution in [3.05, 3.63) is 0 Å². The molecule has 0 bridgehead atoms. The van der Waals surface area contributed by atoms with Crippen LogP contribution in [0.1, 0.15) is 159 Å². The van der Waals surface area contributed by atoms with Crippen molar-refractivity contribution in [3.63, 3.8) is 0 Å². The van der Waals surface area contributed by atoms with E-state index < -0.39 is 34.2 Å². The van der Waals surface area contributed by atoms with Gasteiger partial charge in [0.1, 0.15) is 0 Å². The van der Waals surface area contributed by atoms with Crippen LogP contribution in [-0.2, 0) is 14.4 Å². The van der Waals surface area contributed by atoms with Crippen molar-refractivity contribution < 1.29 is 68.3 Å². The van der Waals surface area contributed by atoms with Gasteiger partial charge in [-0.2, -0.15) is 0 Å². The predicted molar refractivity (Wildman–Crippen MR) is 143 cm³/mol. The summed E-state index contributed by atoms with van der Waals surface area (Å²) in [6, 6.07) is 0. The number of rotatable bonds is 18. The number of carboxylic acids is 3. The monoisotopic (exact) mass is 672 g/mol. The van der Waals surface area contributed by atoms with Crippen molar-refractivity contribution in [1.82, 2.24) is 0 Å². The van der Waals surface area contributed by atoms with E-state index in [1.807, 2.05) is 13.8 Å². The molecule has 0 saturated carbocycles. The van der Waals surface area contributed by atoms with Crippen LogP contribution in [0.2, 0.25) is 0 Å². The Labute approximate surface area is 259 Å². The van der Waals surface area contributed by atoms with Crippen LogP contribution in [-0.4, -0.2) is 17.9 Å². The molecule has 0 aromatic rings. The number of hydrogen-bond donors (Lipinski definition) is 0. The van der Waals surface area contributed by atoms with Crippen LogP contribution in [0.5, 0.6) is 0 Å². The number of carbonyl (C=O) groups is 3. The Hall–Kier alpha value is -0.304. The van der Waals surface area contributed by atoms with Gasteiger partial charge in [0.2, 0.25) is 0 Å². The molecule has 6 nitrogen and oxygen atoms in total. The van der Waals surface area contributed by atoms with E-state index in [0.717, 1.165) is 77.0 Å². The van der Waals surface area contributed by atoms with Crippen LogP contribution < -0.4 is 15.3 Å². The van der Waals surface area contributed by atoms with Gasteiger partial charge in [-0.15, -0.1) is 0 Å². The van der Waals surface area contributed by atoms with Crippen molar-refractivity contribution in [2.45, 2.75) is 159 Å². The second-order valence-corrected chi connectivity index (χ2v) is 11.3. The summed E-state index contributed by atoms with van der Waals surface area (Å²) in [6.45, 7) is 17.3. The van der Waals surface area contributed by atoms with Gasteiger partial charge in [-0.05, 0) is 32.1 Å². The zero-order chi connectivity index (χ0) is 28.8. The number of hydrogen-bond acceptors (Lipinski definition) is 6. The SMILES string of the molecule is CCCCC(C)(CCC)C(=O)[O-].CCCCCC(C)(CC)C(=O)[O-].CCCCCCC(C)(C)C(=O)[O-].[Tb+3]. The predicted octanol–water partition coefficient (Wildman–Crippen LogP) is 5.20. The Morgan fingerprint density at radius 2 is 0.892 bits per heavy atom. The standard InChI is InChI=1S/3C10H20O2.Tb/c1-4-5-6-7-8-10(2,3)9(11)12;1-4-6-7-8-10(3,5-2)9(11)12;1-4-6-8-10(3,7-5-2)9(11)12;/h3*4-8H2,1-3H3,(H,11,12);/q;;;+3/p-3. The molecule has 7 heteroatoms. The molecule has 0 fully saturated rings. The molecule has 37 heavy (non-hydrogen) atoms. The van der Waals surface area contributed by atoms with Gasteiger partial charge in [0.15, 0.2) is 0 Å². The Kier molecular flexibility index (Phi) is 29.2. The van der Waals surface area contributed by atoms with Gasteiger partial charge in [-0.25, -0.2) is 0 Å². The summed E-state index contributed by atoms with van der Waals surface area (Å²) in [6.07, 6.45) is 14.3. The molecule has 0 amide bonds. The maximum absolute atomic E-state index is 10.8. The van der Waals surface area contributed by atoms with Crippen LogP contribution >= 0.6 is 0 Å². The second-order valence-electron chi connectivity index (χ2n) is 11.3. The minimum absolute atomic E-state index is 0. The summed E-state index contributed by atoms with van der Waals surface area (Å²) >= 11 is 0. The van der Waals surface area contributed by atoms with Crippen LogP contribution in [0.3, 0.4) is 0 Å². The fourth-order valence-electron chi connectivity index (χ4n) is 3.73. The van der Waals surface area contributed by atoms with Gasteiger partial charge in [-0.1, -0.05) is 127 Å². The molecule has 2 unspecified atom stereocenters. The molecule has 222 valence electrons. The van der Waals surface area contributed by atoms with E-state index in [0.29, 0.717) is 6.42 Å². The number of unbranched alkanes of at least 4 members (excludes halogenated alkanes) is 6. The average Bonchev–Trinajstić information content (AvgIpc) is 2.81. The number of carbonyl (C=O) groups excluding carboxylic acids is 3. The van der Waals surface area contributed by atoms with E-state index >= 15 is 0 Å². The molecule has 0 heterocycles. The summed E-state index contributed by atoms with van der Waals surface area (Å²) in [5, 5.41) is 32.1. The van der Waals surface area contributed by atoms with Crippen LogP contribution in [0.25, 0.3) is 0 Å². The first kappa shape index (κ1) is 43.7. The van der Waals surface area contributed by atoms with E-state index in [-0.39, 0.29) is 38.6 Å². The van der Waals surface area contributed by atoms with Crippen molar-refractivity contribution in [3.8, 4) is 0 Å². The van der Waals surface area contributed by atoms with Crippen LogP contribution in [0, 0.1) is 54.9 Å². The van der Waals surface area contributed by atoms with Gasteiger partial charge in [0, 0.05) is 34.2 Å². The first-order valence-electron chi connectivity index (χ1n) is 14.3. The normalized spacial score (nSPS) is 13.9. The Morgan fingerprint density at radius 1 is 0.486 bits per heavy atom. The molecule has 0 aliphatic carbocycles. The molecular formula is C30H57O6Tb. The Morgan fingerprint density at radius 3 is 1.24 bits per heavy atom. The van der Waals surface area contributed by atoms with Gasteiger partial charge >= 0.3 is 38.6 Å².